The zero-order valence-electron chi connectivity index (χ0n) is 18.7. The second-order valence-corrected chi connectivity index (χ2v) is 9.63. The van der Waals surface area contributed by atoms with Crippen molar-refractivity contribution in [2.75, 3.05) is 4.90 Å². The lowest BCUT2D eigenvalue weighted by Gasteiger charge is -2.37. The van der Waals surface area contributed by atoms with Crippen molar-refractivity contribution in [3.05, 3.63) is 52.4 Å². The molecule has 1 aromatic heterocycles. The predicted octanol–water partition coefficient (Wildman–Crippen LogP) is 2.17. The van der Waals surface area contributed by atoms with Crippen molar-refractivity contribution in [2.45, 2.75) is 69.7 Å². The average Bonchev–Trinajstić information content (AvgIpc) is 3.15. The Hall–Kier alpha value is -3.04. The molecule has 0 bridgehead atoms. The van der Waals surface area contributed by atoms with E-state index in [1.807, 2.05) is 12.1 Å². The number of rotatable bonds is 5. The molecule has 0 spiro atoms. The van der Waals surface area contributed by atoms with Crippen LogP contribution in [0.4, 0.5) is 5.82 Å². The number of hydrogen-bond donors (Lipinski definition) is 2. The van der Waals surface area contributed by atoms with E-state index in [2.05, 4.69) is 20.2 Å². The minimum Gasteiger partial charge on any atom is -0.348 e. The van der Waals surface area contributed by atoms with E-state index in [4.69, 9.17) is 17.3 Å². The highest BCUT2D eigenvalue weighted by Gasteiger charge is 2.40. The molecule has 1 aromatic carbocycles. The summed E-state index contributed by atoms with van der Waals surface area (Å²) < 4.78 is 0. The average molecular weight is 483 g/mol. The van der Waals surface area contributed by atoms with Gasteiger partial charge in [-0.1, -0.05) is 23.7 Å². The van der Waals surface area contributed by atoms with Crippen molar-refractivity contribution in [1.82, 2.24) is 20.2 Å². The predicted molar refractivity (Wildman–Crippen MR) is 126 cm³/mol. The van der Waals surface area contributed by atoms with E-state index in [1.54, 1.807) is 17.2 Å². The van der Waals surface area contributed by atoms with Gasteiger partial charge < -0.3 is 15.5 Å². The van der Waals surface area contributed by atoms with Crippen LogP contribution in [0, 0.1) is 0 Å². The van der Waals surface area contributed by atoms with Crippen LogP contribution in [0.3, 0.4) is 0 Å². The Kier molecular flexibility index (Phi) is 6.22. The lowest BCUT2D eigenvalue weighted by atomic mass is 9.90. The molecule has 2 fully saturated rings. The van der Waals surface area contributed by atoms with Crippen LogP contribution in [0.5, 0.6) is 0 Å². The smallest absolute Gasteiger partial charge is 0.255 e. The second kappa shape index (κ2) is 9.31. The topological polar surface area (TPSA) is 122 Å². The van der Waals surface area contributed by atoms with Crippen LogP contribution in [0.2, 0.25) is 5.15 Å². The molecule has 1 aliphatic carbocycles. The molecule has 3 heterocycles. The van der Waals surface area contributed by atoms with Gasteiger partial charge in [0.1, 0.15) is 17.0 Å². The highest BCUT2D eigenvalue weighted by atomic mass is 35.5. The van der Waals surface area contributed by atoms with Gasteiger partial charge in [0, 0.05) is 37.2 Å². The number of nitrogens with one attached hydrogen (secondary N) is 1. The molecule has 34 heavy (non-hydrogen) atoms. The highest BCUT2D eigenvalue weighted by Crippen LogP contribution is 2.33. The quantitative estimate of drug-likeness (QED) is 0.626. The second-order valence-electron chi connectivity index (χ2n) is 9.24. The van der Waals surface area contributed by atoms with Crippen LogP contribution < -0.4 is 16.0 Å². The molecule has 3 amide bonds. The number of nitrogens with zero attached hydrogens (tertiary/aromatic N) is 4. The molecule has 2 aliphatic heterocycles. The van der Waals surface area contributed by atoms with E-state index in [-0.39, 0.29) is 30.3 Å². The Morgan fingerprint density at radius 3 is 2.65 bits per heavy atom. The molecule has 2 aromatic rings. The van der Waals surface area contributed by atoms with E-state index < -0.39 is 11.9 Å². The van der Waals surface area contributed by atoms with Gasteiger partial charge in [-0.15, -0.1) is 0 Å². The van der Waals surface area contributed by atoms with Gasteiger partial charge in [0.15, 0.2) is 0 Å². The molecule has 3 N–H and O–H groups in total. The fourth-order valence-electron chi connectivity index (χ4n) is 5.26. The maximum Gasteiger partial charge on any atom is 0.255 e. The van der Waals surface area contributed by atoms with Gasteiger partial charge in [-0.25, -0.2) is 4.98 Å². The fraction of sp³-hybridized carbons (Fsp3) is 0.458. The molecule has 1 atom stereocenters. The van der Waals surface area contributed by atoms with Gasteiger partial charge in [0.2, 0.25) is 11.8 Å². The number of nitrogens with two attached hydrogens (primary N) is 1. The molecule has 1 saturated carbocycles. The Bertz CT molecular complexity index is 1130. The van der Waals surface area contributed by atoms with Gasteiger partial charge in [-0.3, -0.25) is 24.7 Å². The largest absolute Gasteiger partial charge is 0.348 e. The number of fused-ring (bicyclic) bond motifs is 1. The molecule has 9 nitrogen and oxygen atoms in total. The molecule has 10 heteroatoms. The van der Waals surface area contributed by atoms with E-state index in [9.17, 15) is 14.4 Å². The van der Waals surface area contributed by atoms with Crippen LogP contribution in [-0.4, -0.2) is 50.7 Å². The maximum atomic E-state index is 13.2. The number of halogens is 1. The van der Waals surface area contributed by atoms with Gasteiger partial charge in [0.25, 0.3) is 5.91 Å². The molecule has 1 saturated heterocycles. The lowest BCUT2D eigenvalue weighted by molar-refractivity contribution is -0.136. The molecule has 178 valence electrons. The Morgan fingerprint density at radius 1 is 1.12 bits per heavy atom. The number of anilines is 1. The van der Waals surface area contributed by atoms with Crippen LogP contribution >= 0.6 is 11.6 Å². The van der Waals surface area contributed by atoms with Crippen molar-refractivity contribution in [3.63, 3.8) is 0 Å². The summed E-state index contributed by atoms with van der Waals surface area (Å²) in [5, 5.41) is 2.68. The maximum absolute atomic E-state index is 13.2. The van der Waals surface area contributed by atoms with Gasteiger partial charge in [-0.05, 0) is 49.3 Å². The van der Waals surface area contributed by atoms with Crippen molar-refractivity contribution in [2.24, 2.45) is 5.73 Å². The van der Waals surface area contributed by atoms with E-state index in [0.29, 0.717) is 36.0 Å². The standard InChI is InChI=1S/C24H27ClN6O3/c25-20-10-27-11-21(28-20)30(16-6-4-15(26)5-7-16)12-14-2-1-3-17-18(14)13-31(24(17)34)19-8-9-22(32)29-23(19)33/h1-3,10-11,15-16,19H,4-9,12-13,26H2,(H,29,32,33). The van der Waals surface area contributed by atoms with Crippen LogP contribution in [0.25, 0.3) is 0 Å². The van der Waals surface area contributed by atoms with Crippen LogP contribution in [0.15, 0.2) is 30.6 Å². The molecule has 3 aliphatic rings. The number of aromatic nitrogens is 2. The summed E-state index contributed by atoms with van der Waals surface area (Å²) in [6.07, 6.45) is 7.53. The number of carbonyl (C=O) groups is 3. The fourth-order valence-corrected chi connectivity index (χ4v) is 5.41. The Labute approximate surface area is 202 Å². The van der Waals surface area contributed by atoms with Crippen LogP contribution in [-0.2, 0) is 22.7 Å². The minimum absolute atomic E-state index is 0.177. The third kappa shape index (κ3) is 4.37. The summed E-state index contributed by atoms with van der Waals surface area (Å²) >= 11 is 6.16. The van der Waals surface area contributed by atoms with Gasteiger partial charge in [-0.2, -0.15) is 0 Å². The first-order valence-electron chi connectivity index (χ1n) is 11.7. The highest BCUT2D eigenvalue weighted by molar-refractivity contribution is 6.29. The van der Waals surface area contributed by atoms with E-state index >= 15 is 0 Å². The summed E-state index contributed by atoms with van der Waals surface area (Å²) in [4.78, 5) is 49.7. The number of benzene rings is 1. The number of carbonyl (C=O) groups excluding carboxylic acids is 3. The monoisotopic (exact) mass is 482 g/mol. The Balaban J connectivity index is 1.44. The van der Waals surface area contributed by atoms with Crippen molar-refractivity contribution in [3.8, 4) is 0 Å². The lowest BCUT2D eigenvalue weighted by Crippen LogP contribution is -2.52. The van der Waals surface area contributed by atoms with Gasteiger partial charge in [0.05, 0.1) is 12.4 Å². The van der Waals surface area contributed by atoms with E-state index in [1.165, 1.54) is 6.20 Å². The first-order chi connectivity index (χ1) is 16.4. The number of hydrogen-bond acceptors (Lipinski definition) is 7. The van der Waals surface area contributed by atoms with Crippen molar-refractivity contribution < 1.29 is 14.4 Å². The summed E-state index contributed by atoms with van der Waals surface area (Å²) in [5.41, 5.74) is 8.65. The molecule has 5 rings (SSSR count). The van der Waals surface area contributed by atoms with Crippen LogP contribution in [0.1, 0.15) is 60.0 Å². The van der Waals surface area contributed by atoms with Gasteiger partial charge >= 0.3 is 0 Å². The number of imide groups is 1. The third-order valence-corrected chi connectivity index (χ3v) is 7.27. The number of piperidine rings is 1. The molecule has 0 radical (unpaired) electrons. The van der Waals surface area contributed by atoms with Crippen molar-refractivity contribution in [1.29, 1.82) is 0 Å². The molecular formula is C24H27ClN6O3. The normalized spacial score (nSPS) is 24.7. The first kappa shape index (κ1) is 22.7. The Morgan fingerprint density at radius 2 is 1.91 bits per heavy atom. The third-order valence-electron chi connectivity index (χ3n) is 7.09. The number of amides is 3. The summed E-state index contributed by atoms with van der Waals surface area (Å²) in [6.45, 7) is 0.871. The summed E-state index contributed by atoms with van der Waals surface area (Å²) in [6, 6.07) is 5.49. The molecule has 1 unspecified atom stereocenters. The van der Waals surface area contributed by atoms with E-state index in [0.717, 1.165) is 36.8 Å². The zero-order chi connectivity index (χ0) is 23.8. The SMILES string of the molecule is NC1CCC(N(Cc2cccc3c2CN(C2CCC(=O)NC2=O)C3=O)c2cncc(Cl)n2)CC1. The zero-order valence-corrected chi connectivity index (χ0v) is 19.5. The summed E-state index contributed by atoms with van der Waals surface area (Å²) in [5.74, 6) is -0.189. The first-order valence-corrected chi connectivity index (χ1v) is 12.0. The minimum atomic E-state index is -0.639. The summed E-state index contributed by atoms with van der Waals surface area (Å²) in [7, 11) is 0. The van der Waals surface area contributed by atoms with Crippen molar-refractivity contribution >= 4 is 35.1 Å². The molecular weight excluding hydrogens is 456 g/mol.